The van der Waals surface area contributed by atoms with E-state index < -0.39 is 22.7 Å². The Balaban J connectivity index is 2.77. The molecule has 1 rings (SSSR count). The highest BCUT2D eigenvalue weighted by molar-refractivity contribution is 7.89. The topological polar surface area (TPSA) is 81.2 Å². The zero-order chi connectivity index (χ0) is 17.1. The Hall–Kier alpha value is -1.13. The number of nitrogens with zero attached hydrogens (tertiary/aromatic N) is 3. The lowest BCUT2D eigenvalue weighted by Gasteiger charge is -2.20. The second-order valence-electron chi connectivity index (χ2n) is 5.51. The summed E-state index contributed by atoms with van der Waals surface area (Å²) in [5, 5.41) is 3.44. The molecule has 1 unspecified atom stereocenters. The summed E-state index contributed by atoms with van der Waals surface area (Å²) in [6.07, 6.45) is -2.20. The molecular weight excluding hydrogens is 321 g/mol. The van der Waals surface area contributed by atoms with E-state index in [-0.39, 0.29) is 23.4 Å². The molecule has 0 saturated carbocycles. The largest absolute Gasteiger partial charge is 0.408 e. The normalized spacial score (nSPS) is 14.8. The van der Waals surface area contributed by atoms with Crippen molar-refractivity contribution in [2.75, 3.05) is 13.6 Å². The predicted octanol–water partition coefficient (Wildman–Crippen LogP) is 1.44. The van der Waals surface area contributed by atoms with Gasteiger partial charge in [-0.05, 0) is 12.3 Å². The van der Waals surface area contributed by atoms with Gasteiger partial charge in [-0.1, -0.05) is 13.8 Å². The molecule has 1 atom stereocenters. The maximum Gasteiger partial charge on any atom is 0.408 e. The van der Waals surface area contributed by atoms with E-state index in [2.05, 4.69) is 5.10 Å². The summed E-state index contributed by atoms with van der Waals surface area (Å²) in [4.78, 5) is -0.266. The van der Waals surface area contributed by atoms with Crippen LogP contribution in [0.4, 0.5) is 13.2 Å². The second kappa shape index (κ2) is 6.97. The van der Waals surface area contributed by atoms with Crippen molar-refractivity contribution >= 4 is 10.0 Å². The molecule has 2 N–H and O–H groups in total. The van der Waals surface area contributed by atoms with Crippen LogP contribution < -0.4 is 5.73 Å². The highest BCUT2D eigenvalue weighted by Gasteiger charge is 2.30. The first-order chi connectivity index (χ1) is 9.93. The molecule has 10 heteroatoms. The van der Waals surface area contributed by atoms with Gasteiger partial charge in [-0.3, -0.25) is 4.68 Å². The first-order valence-electron chi connectivity index (χ1n) is 6.74. The van der Waals surface area contributed by atoms with Crippen molar-refractivity contribution in [2.24, 2.45) is 11.7 Å². The lowest BCUT2D eigenvalue weighted by molar-refractivity contribution is -0.142. The second-order valence-corrected chi connectivity index (χ2v) is 7.56. The number of rotatable bonds is 7. The Morgan fingerprint density at radius 2 is 2.00 bits per heavy atom. The van der Waals surface area contributed by atoms with E-state index in [4.69, 9.17) is 5.73 Å². The van der Waals surface area contributed by atoms with Gasteiger partial charge in [0.15, 0.2) is 0 Å². The monoisotopic (exact) mass is 342 g/mol. The van der Waals surface area contributed by atoms with Gasteiger partial charge in [0.25, 0.3) is 0 Å². The van der Waals surface area contributed by atoms with Crippen LogP contribution in [0.15, 0.2) is 17.3 Å². The summed E-state index contributed by atoms with van der Waals surface area (Å²) in [5.41, 5.74) is 5.86. The Morgan fingerprint density at radius 1 is 1.41 bits per heavy atom. The average Bonchev–Trinajstić information content (AvgIpc) is 2.81. The third kappa shape index (κ3) is 5.25. The van der Waals surface area contributed by atoms with Gasteiger partial charge in [-0.15, -0.1) is 0 Å². The van der Waals surface area contributed by atoms with Gasteiger partial charge in [0.05, 0.1) is 6.20 Å². The minimum Gasteiger partial charge on any atom is -0.327 e. The van der Waals surface area contributed by atoms with Crippen LogP contribution in [0.25, 0.3) is 0 Å². The molecule has 0 radical (unpaired) electrons. The molecule has 1 heterocycles. The highest BCUT2D eigenvalue weighted by atomic mass is 32.2. The van der Waals surface area contributed by atoms with Gasteiger partial charge in [0, 0.05) is 25.8 Å². The van der Waals surface area contributed by atoms with E-state index in [1.807, 2.05) is 13.8 Å². The number of alkyl halides is 3. The van der Waals surface area contributed by atoms with Crippen molar-refractivity contribution in [1.82, 2.24) is 14.1 Å². The van der Waals surface area contributed by atoms with E-state index in [0.29, 0.717) is 11.1 Å². The minimum absolute atomic E-state index is 0.148. The molecule has 1 aromatic heterocycles. The van der Waals surface area contributed by atoms with Crippen molar-refractivity contribution in [1.29, 1.82) is 0 Å². The number of halogens is 3. The molecular formula is C12H21F3N4O2S. The van der Waals surface area contributed by atoms with E-state index >= 15 is 0 Å². The smallest absolute Gasteiger partial charge is 0.327 e. The lowest BCUT2D eigenvalue weighted by Crippen LogP contribution is -2.34. The molecule has 0 fully saturated rings. The van der Waals surface area contributed by atoms with E-state index in [9.17, 15) is 21.6 Å². The quantitative estimate of drug-likeness (QED) is 0.813. The Bertz CT molecular complexity index is 583. The number of nitrogens with two attached hydrogens (primary N) is 1. The summed E-state index contributed by atoms with van der Waals surface area (Å²) in [5.74, 6) is 0.214. The predicted molar refractivity (Wildman–Crippen MR) is 75.5 cm³/mol. The molecule has 0 aliphatic heterocycles. The Kier molecular flexibility index (Phi) is 5.99. The Labute approximate surface area is 128 Å². The van der Waals surface area contributed by atoms with Crippen LogP contribution in [0.3, 0.4) is 0 Å². The zero-order valence-corrected chi connectivity index (χ0v) is 13.5. The van der Waals surface area contributed by atoms with Crippen molar-refractivity contribution in [2.45, 2.75) is 43.9 Å². The van der Waals surface area contributed by atoms with E-state index in [1.165, 1.54) is 7.05 Å². The molecule has 0 spiro atoms. The molecule has 0 aliphatic rings. The summed E-state index contributed by atoms with van der Waals surface area (Å²) in [6.45, 7) is 2.72. The van der Waals surface area contributed by atoms with Crippen molar-refractivity contribution < 1.29 is 21.6 Å². The molecule has 6 nitrogen and oxygen atoms in total. The number of hydrogen-bond acceptors (Lipinski definition) is 4. The molecule has 128 valence electrons. The van der Waals surface area contributed by atoms with Gasteiger partial charge < -0.3 is 5.73 Å². The first-order valence-corrected chi connectivity index (χ1v) is 8.18. The number of hydrogen-bond donors (Lipinski definition) is 1. The number of sulfonamides is 1. The summed E-state index contributed by atoms with van der Waals surface area (Å²) in [7, 11) is -2.50. The van der Waals surface area contributed by atoms with Gasteiger partial charge in [0.1, 0.15) is 11.4 Å². The summed E-state index contributed by atoms with van der Waals surface area (Å²) < 4.78 is 62.9. The lowest BCUT2D eigenvalue weighted by atomic mass is 10.0. The first kappa shape index (κ1) is 18.9. The average molecular weight is 342 g/mol. The van der Waals surface area contributed by atoms with Crippen molar-refractivity contribution in [3.63, 3.8) is 0 Å². The summed E-state index contributed by atoms with van der Waals surface area (Å²) >= 11 is 0. The standard InChI is InChI=1S/C12H21F3N4O2S/c1-9(2)11(16)4-5-18(3)22(20,21)10-6-17-19(7-10)8-12(13,14)15/h6-7,9,11H,4-5,8,16H2,1-3H3. The molecule has 1 aromatic rings. The fourth-order valence-corrected chi connectivity index (χ4v) is 2.85. The SMILES string of the molecule is CC(C)C(N)CCN(C)S(=O)(=O)c1cnn(CC(F)(F)F)c1. The van der Waals surface area contributed by atoms with Gasteiger partial charge >= 0.3 is 6.18 Å². The maximum absolute atomic E-state index is 12.3. The molecule has 0 aromatic carbocycles. The maximum atomic E-state index is 12.3. The summed E-state index contributed by atoms with van der Waals surface area (Å²) in [6, 6.07) is -0.148. The molecule has 0 amide bonds. The fourth-order valence-electron chi connectivity index (χ4n) is 1.71. The van der Waals surface area contributed by atoms with Crippen LogP contribution in [0.1, 0.15) is 20.3 Å². The minimum atomic E-state index is -4.46. The van der Waals surface area contributed by atoms with Crippen LogP contribution in [-0.2, 0) is 16.6 Å². The van der Waals surface area contributed by atoms with Crippen LogP contribution >= 0.6 is 0 Å². The fraction of sp³-hybridized carbons (Fsp3) is 0.750. The van der Waals surface area contributed by atoms with Crippen LogP contribution in [-0.4, -0.2) is 48.3 Å². The van der Waals surface area contributed by atoms with Crippen molar-refractivity contribution in [3.8, 4) is 0 Å². The van der Waals surface area contributed by atoms with Crippen LogP contribution in [0.2, 0.25) is 0 Å². The number of aromatic nitrogens is 2. The van der Waals surface area contributed by atoms with Crippen LogP contribution in [0, 0.1) is 5.92 Å². The van der Waals surface area contributed by atoms with Crippen molar-refractivity contribution in [3.05, 3.63) is 12.4 Å². The Morgan fingerprint density at radius 3 is 2.50 bits per heavy atom. The van der Waals surface area contributed by atoms with Gasteiger partial charge in [-0.2, -0.15) is 18.3 Å². The molecule has 0 bridgehead atoms. The van der Waals surface area contributed by atoms with Gasteiger partial charge in [0.2, 0.25) is 10.0 Å². The third-order valence-electron chi connectivity index (χ3n) is 3.29. The molecule has 0 aliphatic carbocycles. The highest BCUT2D eigenvalue weighted by Crippen LogP contribution is 2.19. The molecule has 0 saturated heterocycles. The third-order valence-corrected chi connectivity index (χ3v) is 5.10. The zero-order valence-electron chi connectivity index (χ0n) is 12.7. The van der Waals surface area contributed by atoms with E-state index in [0.717, 1.165) is 16.7 Å². The van der Waals surface area contributed by atoms with Gasteiger partial charge in [-0.25, -0.2) is 12.7 Å². The molecule has 22 heavy (non-hydrogen) atoms. The van der Waals surface area contributed by atoms with E-state index in [1.54, 1.807) is 0 Å². The van der Waals surface area contributed by atoms with Crippen LogP contribution in [0.5, 0.6) is 0 Å².